The van der Waals surface area contributed by atoms with Crippen LogP contribution in [0.4, 0.5) is 0 Å². The van der Waals surface area contributed by atoms with Gasteiger partial charge in [0.25, 0.3) is 0 Å². The Bertz CT molecular complexity index is 328. The molecule has 1 aliphatic carbocycles. The van der Waals surface area contributed by atoms with Crippen molar-refractivity contribution in [3.05, 3.63) is 24.3 Å². The lowest BCUT2D eigenvalue weighted by Crippen LogP contribution is -2.42. The number of methoxy groups -OCH3 is 1. The van der Waals surface area contributed by atoms with Crippen molar-refractivity contribution < 1.29 is 9.47 Å². The molecule has 1 aromatic rings. The van der Waals surface area contributed by atoms with Crippen molar-refractivity contribution in [2.75, 3.05) is 13.7 Å². The summed E-state index contributed by atoms with van der Waals surface area (Å²) in [5, 5.41) is 0. The molecular formula is C13H19NO2. The van der Waals surface area contributed by atoms with E-state index in [2.05, 4.69) is 0 Å². The van der Waals surface area contributed by atoms with Crippen LogP contribution in [0.2, 0.25) is 0 Å². The number of ether oxygens (including phenoxy) is 2. The van der Waals surface area contributed by atoms with E-state index in [4.69, 9.17) is 15.2 Å². The Morgan fingerprint density at radius 3 is 2.25 bits per heavy atom. The summed E-state index contributed by atoms with van der Waals surface area (Å²) >= 11 is 0. The zero-order valence-corrected chi connectivity index (χ0v) is 9.74. The smallest absolute Gasteiger partial charge is 0.119 e. The lowest BCUT2D eigenvalue weighted by Gasteiger charge is -2.23. The van der Waals surface area contributed by atoms with Crippen LogP contribution in [0.15, 0.2) is 24.3 Å². The predicted molar refractivity (Wildman–Crippen MR) is 63.9 cm³/mol. The second-order valence-electron chi connectivity index (χ2n) is 4.53. The zero-order valence-electron chi connectivity index (χ0n) is 9.74. The Labute approximate surface area is 96.5 Å². The Morgan fingerprint density at radius 1 is 1.12 bits per heavy atom. The summed E-state index contributed by atoms with van der Waals surface area (Å²) in [5.74, 6) is 1.70. The van der Waals surface area contributed by atoms with E-state index in [1.54, 1.807) is 7.11 Å². The minimum absolute atomic E-state index is 0.111. The summed E-state index contributed by atoms with van der Waals surface area (Å²) in [6, 6.07) is 7.62. The van der Waals surface area contributed by atoms with Crippen molar-refractivity contribution in [3.63, 3.8) is 0 Å². The van der Waals surface area contributed by atoms with Gasteiger partial charge in [-0.15, -0.1) is 0 Å². The minimum atomic E-state index is -0.111. The van der Waals surface area contributed by atoms with Gasteiger partial charge in [-0.25, -0.2) is 0 Å². The molecule has 0 heterocycles. The molecule has 0 radical (unpaired) electrons. The van der Waals surface area contributed by atoms with Gasteiger partial charge in [-0.1, -0.05) is 12.8 Å². The first-order chi connectivity index (χ1) is 7.72. The van der Waals surface area contributed by atoms with Crippen molar-refractivity contribution in [1.82, 2.24) is 0 Å². The van der Waals surface area contributed by atoms with Gasteiger partial charge in [-0.05, 0) is 37.1 Å². The van der Waals surface area contributed by atoms with Crippen molar-refractivity contribution in [2.24, 2.45) is 5.73 Å². The second-order valence-corrected chi connectivity index (χ2v) is 4.53. The van der Waals surface area contributed by atoms with E-state index in [-0.39, 0.29) is 5.54 Å². The van der Waals surface area contributed by atoms with Crippen LogP contribution in [0.5, 0.6) is 11.5 Å². The van der Waals surface area contributed by atoms with Gasteiger partial charge in [-0.3, -0.25) is 0 Å². The molecule has 3 nitrogen and oxygen atoms in total. The molecule has 0 amide bonds. The molecule has 1 saturated carbocycles. The molecular weight excluding hydrogens is 202 g/mol. The first kappa shape index (κ1) is 11.3. The fourth-order valence-electron chi connectivity index (χ4n) is 2.12. The summed E-state index contributed by atoms with van der Waals surface area (Å²) in [5.41, 5.74) is 6.10. The summed E-state index contributed by atoms with van der Waals surface area (Å²) in [6.45, 7) is 0.610. The van der Waals surface area contributed by atoms with Crippen molar-refractivity contribution >= 4 is 0 Å². The number of hydrogen-bond donors (Lipinski definition) is 1. The van der Waals surface area contributed by atoms with Crippen LogP contribution in [0.1, 0.15) is 25.7 Å². The van der Waals surface area contributed by atoms with E-state index in [0.717, 1.165) is 24.3 Å². The fraction of sp³-hybridized carbons (Fsp3) is 0.538. The molecule has 3 heteroatoms. The quantitative estimate of drug-likeness (QED) is 0.848. The third-order valence-electron chi connectivity index (χ3n) is 3.19. The van der Waals surface area contributed by atoms with Crippen LogP contribution < -0.4 is 15.2 Å². The van der Waals surface area contributed by atoms with Gasteiger partial charge in [0.1, 0.15) is 18.1 Å². The number of hydrogen-bond acceptors (Lipinski definition) is 3. The third kappa shape index (κ3) is 2.67. The molecule has 0 atom stereocenters. The monoisotopic (exact) mass is 221 g/mol. The van der Waals surface area contributed by atoms with Crippen molar-refractivity contribution in [1.29, 1.82) is 0 Å². The van der Waals surface area contributed by atoms with Crippen molar-refractivity contribution in [3.8, 4) is 11.5 Å². The van der Waals surface area contributed by atoms with Crippen molar-refractivity contribution in [2.45, 2.75) is 31.2 Å². The molecule has 0 saturated heterocycles. The highest BCUT2D eigenvalue weighted by atomic mass is 16.5. The van der Waals surface area contributed by atoms with Crippen LogP contribution in [-0.4, -0.2) is 19.3 Å². The van der Waals surface area contributed by atoms with Crippen LogP contribution >= 0.6 is 0 Å². The van der Waals surface area contributed by atoms with Gasteiger partial charge in [0.15, 0.2) is 0 Å². The van der Waals surface area contributed by atoms with Gasteiger partial charge in [0, 0.05) is 0 Å². The zero-order chi connectivity index (χ0) is 11.4. The third-order valence-corrected chi connectivity index (χ3v) is 3.19. The largest absolute Gasteiger partial charge is 0.497 e. The molecule has 2 N–H and O–H groups in total. The molecule has 16 heavy (non-hydrogen) atoms. The SMILES string of the molecule is COc1ccc(OCC2(N)CCCC2)cc1. The molecule has 0 aliphatic heterocycles. The molecule has 88 valence electrons. The average molecular weight is 221 g/mol. The molecule has 0 aromatic heterocycles. The maximum Gasteiger partial charge on any atom is 0.119 e. The van der Waals surface area contributed by atoms with Gasteiger partial charge in [0.05, 0.1) is 12.6 Å². The van der Waals surface area contributed by atoms with E-state index < -0.39 is 0 Å². The first-order valence-corrected chi connectivity index (χ1v) is 5.78. The van der Waals surface area contributed by atoms with Crippen LogP contribution in [0, 0.1) is 0 Å². The van der Waals surface area contributed by atoms with Gasteiger partial charge in [-0.2, -0.15) is 0 Å². The second kappa shape index (κ2) is 4.74. The number of benzene rings is 1. The number of nitrogens with two attached hydrogens (primary N) is 1. The molecule has 0 spiro atoms. The highest BCUT2D eigenvalue weighted by Crippen LogP contribution is 2.28. The first-order valence-electron chi connectivity index (χ1n) is 5.78. The Kier molecular flexibility index (Phi) is 3.34. The Morgan fingerprint density at radius 2 is 1.69 bits per heavy atom. The van der Waals surface area contributed by atoms with E-state index in [1.165, 1.54) is 12.8 Å². The normalized spacial score (nSPS) is 18.4. The highest BCUT2D eigenvalue weighted by Gasteiger charge is 2.29. The van der Waals surface area contributed by atoms with Gasteiger partial charge >= 0.3 is 0 Å². The molecule has 1 aromatic carbocycles. The fourth-order valence-corrected chi connectivity index (χ4v) is 2.12. The average Bonchev–Trinajstić information content (AvgIpc) is 2.75. The van der Waals surface area contributed by atoms with Crippen LogP contribution in [0.3, 0.4) is 0 Å². The van der Waals surface area contributed by atoms with E-state index in [9.17, 15) is 0 Å². The number of rotatable bonds is 4. The van der Waals surface area contributed by atoms with E-state index in [1.807, 2.05) is 24.3 Å². The molecule has 0 unspecified atom stereocenters. The van der Waals surface area contributed by atoms with Gasteiger partial charge < -0.3 is 15.2 Å². The lowest BCUT2D eigenvalue weighted by atomic mass is 10.0. The van der Waals surface area contributed by atoms with E-state index >= 15 is 0 Å². The molecule has 0 bridgehead atoms. The minimum Gasteiger partial charge on any atom is -0.497 e. The lowest BCUT2D eigenvalue weighted by molar-refractivity contribution is 0.220. The molecule has 1 fully saturated rings. The van der Waals surface area contributed by atoms with Crippen LogP contribution in [0.25, 0.3) is 0 Å². The van der Waals surface area contributed by atoms with Gasteiger partial charge in [0.2, 0.25) is 0 Å². The summed E-state index contributed by atoms with van der Waals surface area (Å²) in [7, 11) is 1.66. The maximum atomic E-state index is 6.21. The van der Waals surface area contributed by atoms with E-state index in [0.29, 0.717) is 6.61 Å². The summed E-state index contributed by atoms with van der Waals surface area (Å²) in [4.78, 5) is 0. The Hall–Kier alpha value is -1.22. The summed E-state index contributed by atoms with van der Waals surface area (Å²) < 4.78 is 10.8. The molecule has 1 aliphatic rings. The highest BCUT2D eigenvalue weighted by molar-refractivity contribution is 5.31. The summed E-state index contributed by atoms with van der Waals surface area (Å²) in [6.07, 6.45) is 4.59. The Balaban J connectivity index is 1.89. The maximum absolute atomic E-state index is 6.21. The predicted octanol–water partition coefficient (Wildman–Crippen LogP) is 2.35. The molecule has 2 rings (SSSR count). The van der Waals surface area contributed by atoms with Crippen LogP contribution in [-0.2, 0) is 0 Å². The topological polar surface area (TPSA) is 44.5 Å². The standard InChI is InChI=1S/C13H19NO2/c1-15-11-4-6-12(7-5-11)16-10-13(14)8-2-3-9-13/h4-7H,2-3,8-10,14H2,1H3.